The molecule has 0 aromatic rings. The Morgan fingerprint density at radius 3 is 2.54 bits per heavy atom. The second-order valence-corrected chi connectivity index (χ2v) is 3.28. The monoisotopic (exact) mass is 188 g/mol. The zero-order valence-corrected chi connectivity index (χ0v) is 7.88. The lowest BCUT2D eigenvalue weighted by Gasteiger charge is -2.39. The Bertz CT molecular complexity index is 182. The highest BCUT2D eigenvalue weighted by Gasteiger charge is 2.41. The van der Waals surface area contributed by atoms with Crippen molar-refractivity contribution >= 4 is 0 Å². The van der Waals surface area contributed by atoms with E-state index in [1.54, 1.807) is 6.92 Å². The molecular formula is C9H16O4. The van der Waals surface area contributed by atoms with Crippen molar-refractivity contribution in [3.05, 3.63) is 12.7 Å². The number of hydrogen-bond acceptors (Lipinski definition) is 4. The van der Waals surface area contributed by atoms with Gasteiger partial charge in [-0.1, -0.05) is 13.0 Å². The summed E-state index contributed by atoms with van der Waals surface area (Å²) in [5.41, 5.74) is 0. The van der Waals surface area contributed by atoms with Crippen LogP contribution in [0.1, 0.15) is 6.92 Å². The fraction of sp³-hybridized carbons (Fsp3) is 0.778. The van der Waals surface area contributed by atoms with E-state index in [4.69, 9.17) is 9.47 Å². The molecule has 0 saturated carbocycles. The molecule has 4 nitrogen and oxygen atoms in total. The van der Waals surface area contributed by atoms with Crippen LogP contribution in [0.5, 0.6) is 0 Å². The molecule has 1 rings (SSSR count). The van der Waals surface area contributed by atoms with Gasteiger partial charge in [0.15, 0.2) is 6.29 Å². The van der Waals surface area contributed by atoms with Crippen molar-refractivity contribution < 1.29 is 19.7 Å². The molecule has 5 atom stereocenters. The van der Waals surface area contributed by atoms with Gasteiger partial charge in [-0.15, -0.1) is 6.58 Å². The lowest BCUT2D eigenvalue weighted by Crippen LogP contribution is -2.53. The molecule has 0 aromatic carbocycles. The molecule has 0 amide bonds. The molecule has 1 aliphatic rings. The Balaban J connectivity index is 2.74. The molecule has 2 N–H and O–H groups in total. The number of aliphatic hydroxyl groups excluding tert-OH is 2. The van der Waals surface area contributed by atoms with Gasteiger partial charge >= 0.3 is 0 Å². The Morgan fingerprint density at radius 2 is 2.08 bits per heavy atom. The fourth-order valence-corrected chi connectivity index (χ4v) is 1.49. The van der Waals surface area contributed by atoms with Gasteiger partial charge in [-0.2, -0.15) is 0 Å². The zero-order valence-electron chi connectivity index (χ0n) is 7.88. The van der Waals surface area contributed by atoms with Gasteiger partial charge in [0.25, 0.3) is 0 Å². The normalized spacial score (nSPS) is 46.0. The van der Waals surface area contributed by atoms with E-state index in [9.17, 15) is 10.2 Å². The zero-order chi connectivity index (χ0) is 10.0. The second kappa shape index (κ2) is 4.19. The van der Waals surface area contributed by atoms with Gasteiger partial charge in [0, 0.05) is 13.0 Å². The van der Waals surface area contributed by atoms with E-state index in [1.165, 1.54) is 13.2 Å². The lowest BCUT2D eigenvalue weighted by molar-refractivity contribution is -0.252. The van der Waals surface area contributed by atoms with Crippen LogP contribution in [0.15, 0.2) is 12.7 Å². The van der Waals surface area contributed by atoms with Crippen molar-refractivity contribution in [2.45, 2.75) is 31.5 Å². The molecule has 1 aliphatic heterocycles. The number of rotatable bonds is 2. The Kier molecular flexibility index (Phi) is 3.44. The molecule has 76 valence electrons. The quantitative estimate of drug-likeness (QED) is 0.594. The van der Waals surface area contributed by atoms with Crippen LogP contribution < -0.4 is 0 Å². The summed E-state index contributed by atoms with van der Waals surface area (Å²) in [6.07, 6.45) is -1.06. The first-order valence-corrected chi connectivity index (χ1v) is 4.28. The summed E-state index contributed by atoms with van der Waals surface area (Å²) in [7, 11) is 1.50. The minimum absolute atomic E-state index is 0.346. The maximum Gasteiger partial charge on any atom is 0.160 e. The molecular weight excluding hydrogens is 172 g/mol. The predicted molar refractivity (Wildman–Crippen MR) is 47.0 cm³/mol. The molecule has 4 heteroatoms. The van der Waals surface area contributed by atoms with Gasteiger partial charge in [0.05, 0.1) is 6.10 Å². The summed E-state index contributed by atoms with van der Waals surface area (Å²) in [6, 6.07) is 0. The van der Waals surface area contributed by atoms with E-state index in [2.05, 4.69) is 6.58 Å². The van der Waals surface area contributed by atoms with Crippen LogP contribution in [0.25, 0.3) is 0 Å². The average Bonchev–Trinajstić information content (AvgIpc) is 2.13. The molecule has 0 spiro atoms. The van der Waals surface area contributed by atoms with Crippen molar-refractivity contribution in [1.82, 2.24) is 0 Å². The number of hydrogen-bond donors (Lipinski definition) is 2. The first-order chi connectivity index (χ1) is 6.11. The molecule has 0 aromatic heterocycles. The van der Waals surface area contributed by atoms with E-state index in [1.807, 2.05) is 0 Å². The largest absolute Gasteiger partial charge is 0.390 e. The smallest absolute Gasteiger partial charge is 0.160 e. The van der Waals surface area contributed by atoms with Crippen LogP contribution in [-0.2, 0) is 9.47 Å². The van der Waals surface area contributed by atoms with Gasteiger partial charge < -0.3 is 19.7 Å². The van der Waals surface area contributed by atoms with Gasteiger partial charge in [0.2, 0.25) is 0 Å². The van der Waals surface area contributed by atoms with E-state index in [0.717, 1.165) is 0 Å². The number of methoxy groups -OCH3 is 1. The SMILES string of the molecule is C=CC1OC(O)C(C)C(O)C1OC. The molecule has 1 heterocycles. The highest BCUT2D eigenvalue weighted by atomic mass is 16.6. The molecule has 13 heavy (non-hydrogen) atoms. The highest BCUT2D eigenvalue weighted by Crippen LogP contribution is 2.26. The summed E-state index contributed by atoms with van der Waals surface area (Å²) < 4.78 is 10.2. The van der Waals surface area contributed by atoms with E-state index >= 15 is 0 Å². The molecule has 0 aliphatic carbocycles. The first kappa shape index (κ1) is 10.7. The summed E-state index contributed by atoms with van der Waals surface area (Å²) >= 11 is 0. The Labute approximate surface area is 77.8 Å². The molecule has 1 saturated heterocycles. The third-order valence-electron chi connectivity index (χ3n) is 2.45. The summed E-state index contributed by atoms with van der Waals surface area (Å²) in [5.74, 6) is -0.346. The summed E-state index contributed by atoms with van der Waals surface area (Å²) in [6.45, 7) is 5.26. The van der Waals surface area contributed by atoms with E-state index in [-0.39, 0.29) is 5.92 Å². The third kappa shape index (κ3) is 1.91. The maximum absolute atomic E-state index is 9.70. The highest BCUT2D eigenvalue weighted by molar-refractivity contribution is 4.96. The van der Waals surface area contributed by atoms with Crippen molar-refractivity contribution in [1.29, 1.82) is 0 Å². The van der Waals surface area contributed by atoms with Crippen molar-refractivity contribution in [3.8, 4) is 0 Å². The Morgan fingerprint density at radius 1 is 1.46 bits per heavy atom. The topological polar surface area (TPSA) is 58.9 Å². The summed E-state index contributed by atoms with van der Waals surface area (Å²) in [5, 5.41) is 19.1. The first-order valence-electron chi connectivity index (χ1n) is 4.28. The van der Waals surface area contributed by atoms with Gasteiger partial charge in [-0.25, -0.2) is 0 Å². The number of ether oxygens (including phenoxy) is 2. The molecule has 0 bridgehead atoms. The van der Waals surface area contributed by atoms with Crippen molar-refractivity contribution in [3.63, 3.8) is 0 Å². The fourth-order valence-electron chi connectivity index (χ4n) is 1.49. The molecule has 5 unspecified atom stereocenters. The van der Waals surface area contributed by atoms with Crippen molar-refractivity contribution in [2.75, 3.05) is 7.11 Å². The van der Waals surface area contributed by atoms with E-state index < -0.39 is 24.6 Å². The second-order valence-electron chi connectivity index (χ2n) is 3.28. The minimum atomic E-state index is -0.954. The Hall–Kier alpha value is -0.420. The predicted octanol–water partition coefficient (Wildman–Crippen LogP) is -0.0984. The standard InChI is InChI=1S/C9H16O4/c1-4-6-8(12-3)7(10)5(2)9(11)13-6/h4-11H,1H2,2-3H3. The molecule has 0 radical (unpaired) electrons. The van der Waals surface area contributed by atoms with Gasteiger partial charge in [-0.05, 0) is 0 Å². The van der Waals surface area contributed by atoms with Gasteiger partial charge in [-0.3, -0.25) is 0 Å². The maximum atomic E-state index is 9.70. The van der Waals surface area contributed by atoms with Crippen LogP contribution >= 0.6 is 0 Å². The average molecular weight is 188 g/mol. The summed E-state index contributed by atoms with van der Waals surface area (Å²) in [4.78, 5) is 0. The van der Waals surface area contributed by atoms with Crippen LogP contribution in [0.3, 0.4) is 0 Å². The minimum Gasteiger partial charge on any atom is -0.390 e. The van der Waals surface area contributed by atoms with Crippen LogP contribution in [0.4, 0.5) is 0 Å². The van der Waals surface area contributed by atoms with E-state index in [0.29, 0.717) is 0 Å². The van der Waals surface area contributed by atoms with Crippen LogP contribution in [0, 0.1) is 5.92 Å². The van der Waals surface area contributed by atoms with Gasteiger partial charge in [0.1, 0.15) is 12.2 Å². The third-order valence-corrected chi connectivity index (χ3v) is 2.45. The number of aliphatic hydroxyl groups is 2. The molecule has 1 fully saturated rings. The lowest BCUT2D eigenvalue weighted by atomic mass is 9.92. The van der Waals surface area contributed by atoms with Crippen LogP contribution in [-0.4, -0.2) is 41.9 Å². The van der Waals surface area contributed by atoms with Crippen LogP contribution in [0.2, 0.25) is 0 Å². The van der Waals surface area contributed by atoms with Crippen molar-refractivity contribution in [2.24, 2.45) is 5.92 Å².